The number of primary amides is 1. The number of carbonyl (C=O) groups excluding carboxylic acids is 16. The van der Waals surface area contributed by atoms with E-state index in [1.54, 1.807) is 143 Å². The third kappa shape index (κ3) is 36.2. The van der Waals surface area contributed by atoms with Crippen molar-refractivity contribution < 1.29 is 102 Å². The van der Waals surface area contributed by atoms with Crippen molar-refractivity contribution in [2.24, 2.45) is 35.0 Å². The molecule has 14 atom stereocenters. The summed E-state index contributed by atoms with van der Waals surface area (Å²) >= 11 is 0.686. The van der Waals surface area contributed by atoms with Gasteiger partial charge in [0.2, 0.25) is 94.5 Å². The molecule has 1 fully saturated rings. The normalized spacial score (nSPS) is 22.2. The lowest BCUT2D eigenvalue weighted by molar-refractivity contribution is -0.148. The molecule has 1 saturated heterocycles. The third-order valence-electron chi connectivity index (χ3n) is 24.2. The summed E-state index contributed by atoms with van der Waals surface area (Å²) in [5.74, 6) is -23.6. The molecule has 0 bridgehead atoms. The fourth-order valence-electron chi connectivity index (χ4n) is 16.1. The van der Waals surface area contributed by atoms with Gasteiger partial charge in [0.25, 0.3) is 0 Å². The van der Waals surface area contributed by atoms with Crippen molar-refractivity contribution in [3.05, 3.63) is 203 Å². The number of likely N-dealkylation sites (N-methyl/N-ethyl adjacent to an activating group) is 2. The van der Waals surface area contributed by atoms with Gasteiger partial charge in [-0.05, 0) is 114 Å². The number of rotatable bonds is 30. The number of hydrogen-bond donors (Lipinski definition) is 24. The van der Waals surface area contributed by atoms with E-state index in [1.165, 1.54) is 59.1 Å². The zero-order valence-electron chi connectivity index (χ0n) is 82.7. The molecule has 784 valence electrons. The summed E-state index contributed by atoms with van der Waals surface area (Å²) in [4.78, 5) is 269. The third-order valence-corrected chi connectivity index (χ3v) is 25.3. The largest absolute Gasteiger partial charge is 0.481 e. The van der Waals surface area contributed by atoms with E-state index in [0.717, 1.165) is 20.9 Å². The molecule has 44 nitrogen and oxygen atoms in total. The highest BCUT2D eigenvalue weighted by Gasteiger charge is 2.42. The van der Waals surface area contributed by atoms with Crippen LogP contribution in [0, 0.1) is 28.6 Å². The summed E-state index contributed by atoms with van der Waals surface area (Å²) in [7, 11) is 2.57. The van der Waals surface area contributed by atoms with Gasteiger partial charge in [0.15, 0.2) is 11.9 Å². The van der Waals surface area contributed by atoms with E-state index >= 15 is 47.9 Å². The predicted molar refractivity (Wildman–Crippen MR) is 543 cm³/mol. The number of aromatic nitrogens is 1. The number of nitrogens with zero attached hydrogens (tertiary/aromatic N) is 2. The van der Waals surface area contributed by atoms with Gasteiger partial charge in [0, 0.05) is 82.1 Å². The van der Waals surface area contributed by atoms with Crippen molar-refractivity contribution in [3.8, 4) is 11.1 Å². The SMILES string of the molecule is CC(C)C[C@@H]1NC(=O)C(CCCNC(=N)N)NC(=O)[C@H](Cc2ccccc2)N(C)C(=O)[C@H](C)N(C)C(=O)[C@H](CCCNC(=N)N)NC(=O)[C@H](Cc2ccc(-c3ccccc3)cc2)NC(=O)[C@H](C(C)C)NC(=O)[C@H](Cc2c[nH]c3ccccc23)NC(=O)[C@H](CC(=O)O)NC(=O)[C@H](Cc2ccc(C(=O)O)cc2)NC(=O)[C@H](Cc2ccccc2)NC(=O)CSC[C@@H](C(=O)NCC(N)=O)NC(=O)[C@H](CO)NC(=O)[C@H](C(C)C)NC1=O. The monoisotopic (exact) mass is 2040 g/mol. The summed E-state index contributed by atoms with van der Waals surface area (Å²) in [5.41, 5.74) is 20.7. The Morgan fingerprint density at radius 3 is 1.37 bits per heavy atom. The lowest BCUT2D eigenvalue weighted by atomic mass is 9.98. The Kier molecular flexibility index (Phi) is 45.0. The number of aliphatic hydroxyl groups is 1. The molecule has 7 aromatic rings. The number of hydrogen-bond acceptors (Lipinski definition) is 22. The predicted octanol–water partition coefficient (Wildman–Crippen LogP) is -0.762. The molecule has 16 amide bonds. The van der Waals surface area contributed by atoms with E-state index in [2.05, 4.69) is 84.7 Å². The zero-order valence-corrected chi connectivity index (χ0v) is 83.5. The van der Waals surface area contributed by atoms with Crippen LogP contribution in [-0.2, 0) is 114 Å². The summed E-state index contributed by atoms with van der Waals surface area (Å²) in [5, 5.41) is 86.7. The number of aromatic amines is 1. The number of aliphatic carboxylic acids is 1. The molecule has 1 aliphatic heterocycles. The second kappa shape index (κ2) is 56.9. The van der Waals surface area contributed by atoms with Crippen LogP contribution in [0.4, 0.5) is 0 Å². The smallest absolute Gasteiger partial charge is 0.335 e. The van der Waals surface area contributed by atoms with Gasteiger partial charge in [-0.25, -0.2) is 4.79 Å². The van der Waals surface area contributed by atoms with E-state index in [1.807, 2.05) is 30.3 Å². The summed E-state index contributed by atoms with van der Waals surface area (Å²) in [6.07, 6.45) is -1.87. The molecule has 0 saturated carbocycles. The summed E-state index contributed by atoms with van der Waals surface area (Å²) in [6, 6.07) is 21.2. The van der Waals surface area contributed by atoms with Crippen LogP contribution in [0.1, 0.15) is 125 Å². The average Bonchev–Trinajstić information content (AvgIpc) is 1.77. The summed E-state index contributed by atoms with van der Waals surface area (Å²) < 4.78 is 0. The van der Waals surface area contributed by atoms with Crippen LogP contribution in [0.15, 0.2) is 170 Å². The highest BCUT2D eigenvalue weighted by Crippen LogP contribution is 2.25. The van der Waals surface area contributed by atoms with Crippen molar-refractivity contribution in [2.75, 3.05) is 51.8 Å². The second-order valence-corrected chi connectivity index (χ2v) is 37.7. The number of benzene rings is 6. The first-order valence-corrected chi connectivity index (χ1v) is 48.9. The Hall–Kier alpha value is -15.8. The van der Waals surface area contributed by atoms with Crippen LogP contribution in [0.5, 0.6) is 0 Å². The molecular formula is C101H133N23O21S. The van der Waals surface area contributed by atoms with Gasteiger partial charge in [-0.3, -0.25) is 92.3 Å². The number of para-hydroxylation sites is 1. The van der Waals surface area contributed by atoms with E-state index in [4.69, 9.17) is 28.0 Å². The average molecular weight is 2040 g/mol. The molecule has 8 rings (SSSR count). The lowest BCUT2D eigenvalue weighted by Crippen LogP contribution is -2.62. The van der Waals surface area contributed by atoms with Crippen molar-refractivity contribution in [1.29, 1.82) is 10.8 Å². The first kappa shape index (κ1) is 115. The minimum Gasteiger partial charge on any atom is -0.481 e. The quantitative estimate of drug-likeness (QED) is 0.0149. The molecular weight excluding hydrogens is 1900 g/mol. The van der Waals surface area contributed by atoms with Crippen LogP contribution < -0.4 is 97.0 Å². The van der Waals surface area contributed by atoms with Gasteiger partial charge in [-0.15, -0.1) is 11.8 Å². The number of carboxylic acids is 2. The Labute approximate surface area is 848 Å². The van der Waals surface area contributed by atoms with E-state index in [-0.39, 0.29) is 81.5 Å². The maximum atomic E-state index is 15.7. The zero-order chi connectivity index (χ0) is 107. The van der Waals surface area contributed by atoms with Crippen LogP contribution in [0.3, 0.4) is 0 Å². The van der Waals surface area contributed by atoms with E-state index in [9.17, 15) is 53.7 Å². The number of H-pyrrole nitrogens is 1. The van der Waals surface area contributed by atoms with Crippen LogP contribution in [0.2, 0.25) is 0 Å². The van der Waals surface area contributed by atoms with Gasteiger partial charge in [0.05, 0.1) is 30.9 Å². The number of nitrogens with two attached hydrogens (primary N) is 3. The molecule has 146 heavy (non-hydrogen) atoms. The number of carbonyl (C=O) groups is 18. The van der Waals surface area contributed by atoms with Crippen molar-refractivity contribution >= 4 is 141 Å². The van der Waals surface area contributed by atoms with Gasteiger partial charge >= 0.3 is 11.9 Å². The first-order chi connectivity index (χ1) is 69.4. The lowest BCUT2D eigenvalue weighted by Gasteiger charge is -2.35. The molecule has 2 heterocycles. The van der Waals surface area contributed by atoms with Crippen LogP contribution in [-0.4, -0.2) is 285 Å². The number of guanidine groups is 2. The molecule has 0 aliphatic carbocycles. The highest BCUT2D eigenvalue weighted by atomic mass is 32.2. The molecule has 6 aromatic carbocycles. The molecule has 0 radical (unpaired) electrons. The highest BCUT2D eigenvalue weighted by molar-refractivity contribution is 8.00. The van der Waals surface area contributed by atoms with E-state index < -0.39 is 259 Å². The number of aliphatic hydroxyl groups excluding tert-OH is 1. The molecule has 1 aromatic heterocycles. The summed E-state index contributed by atoms with van der Waals surface area (Å²) in [6.45, 7) is 9.01. The minimum atomic E-state index is -2.13. The van der Waals surface area contributed by atoms with Crippen molar-refractivity contribution in [2.45, 2.75) is 204 Å². The van der Waals surface area contributed by atoms with Crippen molar-refractivity contribution in [3.63, 3.8) is 0 Å². The topological polar surface area (TPSA) is 696 Å². The molecule has 1 aliphatic rings. The fourth-order valence-corrected chi connectivity index (χ4v) is 16.9. The number of carboxylic acid groups (broad SMARTS) is 2. The number of thioether (sulfide) groups is 1. The second-order valence-electron chi connectivity index (χ2n) is 36.7. The van der Waals surface area contributed by atoms with Crippen LogP contribution >= 0.6 is 11.8 Å². The van der Waals surface area contributed by atoms with Gasteiger partial charge in [0.1, 0.15) is 84.6 Å². The van der Waals surface area contributed by atoms with Gasteiger partial charge in [-0.1, -0.05) is 187 Å². The molecule has 27 N–H and O–H groups in total. The van der Waals surface area contributed by atoms with Gasteiger partial charge < -0.3 is 127 Å². The number of amides is 16. The Morgan fingerprint density at radius 1 is 0.438 bits per heavy atom. The fraction of sp³-hybridized carbons (Fsp3) is 0.426. The Bertz CT molecular complexity index is 5740. The Morgan fingerprint density at radius 2 is 0.856 bits per heavy atom. The van der Waals surface area contributed by atoms with Crippen LogP contribution in [0.25, 0.3) is 22.0 Å². The van der Waals surface area contributed by atoms with E-state index in [0.29, 0.717) is 44.9 Å². The number of aromatic carboxylic acids is 1. The minimum absolute atomic E-state index is 0.0121. The maximum absolute atomic E-state index is 15.7. The molecule has 1 unspecified atom stereocenters. The number of fused-ring (bicyclic) bond motifs is 1. The Balaban J connectivity index is 1.24. The first-order valence-electron chi connectivity index (χ1n) is 47.8. The standard InChI is InChI=1S/C101H133N23O21S/c1-55(2)43-71-91(136)121-84(57(5)6)96(141)119-77(52-125)93(138)120-78(85(130)110-51-80(102)126)53-146-54-81(127)111-72(44-59-23-13-10-14-24-59)87(132)115-73(45-62-35-39-65(40-36-62)99(144)145)89(134)117-76(49-82(128)129)90(135)116-75(48-66-50-109-68-30-20-19-29-67(66)68)92(137)122-83(56(3)4)95(140)118-74(46-61-33-37-64(38-34-61)63-27-17-12-18-28-63)88(133)113-70(32-22-42-108-101(105)106)98(143)123(8)58(7)97(142)124(9)79(47-60-25-15-11-16-26-60)94(139)112-69(86(131)114-71)31-21-41-107-100(103)104/h10-20,23-30,33-40,50,55-58,69-79,83-84,109,125H,21-22,31-32,41-49,51-54H2,1-9H3,(H2,102,126)(H,110,130)(H,111,127)(H,112,139)(H,113,133)(H,114,131)(H,115,132)(H,116,135)(H,117,134)(H,118,140)(H,119,141)(H,120,138)(H,121,136)(H,122,137)(H,128,129)(H,144,145)(H4,103,104,107)(H4,105,106,108)/t58-,69?,70-,71-,72-,73-,74-,75-,76-,77-,78-,79-,83-,84-/m0/s1. The molecule has 0 spiro atoms. The van der Waals surface area contributed by atoms with Crippen molar-refractivity contribution in [1.82, 2.24) is 94.5 Å². The number of nitrogens with one attached hydrogen (secondary N) is 18. The van der Waals surface area contributed by atoms with Gasteiger partial charge in [-0.2, -0.15) is 0 Å². The molecule has 45 heteroatoms. The maximum Gasteiger partial charge on any atom is 0.335 e.